The first-order chi connectivity index (χ1) is 29.8. The van der Waals surface area contributed by atoms with Crippen LogP contribution >= 0.6 is 7.82 Å². The van der Waals surface area contributed by atoms with Gasteiger partial charge in [0.25, 0.3) is 0 Å². The first-order valence-electron chi connectivity index (χ1n) is 25.5. The Morgan fingerprint density at radius 2 is 0.885 bits per heavy atom. The van der Waals surface area contributed by atoms with E-state index in [9.17, 15) is 19.4 Å². The first kappa shape index (κ1) is 59.7. The molecule has 0 aliphatic carbocycles. The molecule has 9 nitrogen and oxygen atoms in total. The van der Waals surface area contributed by atoms with Crippen LogP contribution in [0.1, 0.15) is 239 Å². The number of ether oxygens (including phenoxy) is 2. The van der Waals surface area contributed by atoms with Gasteiger partial charge >= 0.3 is 13.8 Å². The zero-order valence-electron chi connectivity index (χ0n) is 39.6. The van der Waals surface area contributed by atoms with Gasteiger partial charge in [0, 0.05) is 13.0 Å². The molecular weight excluding hydrogens is 788 g/mol. The van der Waals surface area contributed by atoms with E-state index < -0.39 is 39.2 Å². The Balaban J connectivity index is 4.08. The Hall–Kier alpha value is -1.32. The standard InChI is InChI=1S/C51H97O9P/c1-3-5-7-9-11-13-15-17-19-21-23-24-26-28-30-32-34-36-38-40-42-44-57-47-50(48-59-61(55,56)58-46-49(53)45-52)60-51(54)43-41-39-37-35-33-31-29-27-25-22-20-18-16-14-12-10-8-6-4-2/h12,14,18,20,25,27,49-50,52-53H,3-11,13,15-17,19,21-24,26,28-48H2,1-2H3,(H,55,56)/b14-12-,20-18-,27-25-. The second-order valence-electron chi connectivity index (χ2n) is 17.2. The van der Waals surface area contributed by atoms with E-state index in [2.05, 4.69) is 50.3 Å². The topological polar surface area (TPSA) is 132 Å². The number of carbonyl (C=O) groups excluding carboxylic acids is 1. The van der Waals surface area contributed by atoms with Crippen LogP contribution in [0.4, 0.5) is 0 Å². The van der Waals surface area contributed by atoms with Gasteiger partial charge in [-0.05, 0) is 51.4 Å². The van der Waals surface area contributed by atoms with Crippen molar-refractivity contribution in [3.8, 4) is 0 Å². The van der Waals surface area contributed by atoms with Crippen molar-refractivity contribution in [1.29, 1.82) is 0 Å². The Bertz CT molecular complexity index is 1050. The monoisotopic (exact) mass is 885 g/mol. The minimum absolute atomic E-state index is 0.0471. The minimum atomic E-state index is -4.52. The first-order valence-corrected chi connectivity index (χ1v) is 27.0. The highest BCUT2D eigenvalue weighted by molar-refractivity contribution is 7.47. The van der Waals surface area contributed by atoms with Gasteiger partial charge in [-0.2, -0.15) is 0 Å². The number of esters is 1. The second-order valence-corrected chi connectivity index (χ2v) is 18.6. The van der Waals surface area contributed by atoms with Gasteiger partial charge in [0.15, 0.2) is 0 Å². The number of allylic oxidation sites excluding steroid dienone is 6. The molecule has 0 heterocycles. The van der Waals surface area contributed by atoms with Gasteiger partial charge in [-0.3, -0.25) is 13.8 Å². The molecule has 0 aliphatic rings. The molecule has 61 heavy (non-hydrogen) atoms. The van der Waals surface area contributed by atoms with Crippen molar-refractivity contribution in [2.45, 2.75) is 251 Å². The van der Waals surface area contributed by atoms with Gasteiger partial charge in [0.2, 0.25) is 0 Å². The molecule has 10 heteroatoms. The molecule has 3 unspecified atom stereocenters. The number of carbonyl (C=O) groups is 1. The maximum atomic E-state index is 12.7. The fraction of sp³-hybridized carbons (Fsp3) is 0.863. The summed E-state index contributed by atoms with van der Waals surface area (Å²) in [7, 11) is -4.52. The van der Waals surface area contributed by atoms with E-state index in [1.165, 1.54) is 161 Å². The molecule has 360 valence electrons. The van der Waals surface area contributed by atoms with E-state index >= 15 is 0 Å². The lowest BCUT2D eigenvalue weighted by atomic mass is 10.0. The summed E-state index contributed by atoms with van der Waals surface area (Å²) >= 11 is 0. The van der Waals surface area contributed by atoms with E-state index in [1.54, 1.807) is 0 Å². The summed E-state index contributed by atoms with van der Waals surface area (Å²) < 4.78 is 33.5. The maximum Gasteiger partial charge on any atom is 0.472 e. The number of hydrogen-bond acceptors (Lipinski definition) is 8. The van der Waals surface area contributed by atoms with E-state index in [4.69, 9.17) is 23.6 Å². The smallest absolute Gasteiger partial charge is 0.457 e. The summed E-state index contributed by atoms with van der Waals surface area (Å²) in [4.78, 5) is 22.7. The molecule has 0 saturated heterocycles. The van der Waals surface area contributed by atoms with Gasteiger partial charge in [-0.1, -0.05) is 217 Å². The largest absolute Gasteiger partial charge is 0.472 e. The third kappa shape index (κ3) is 48.0. The number of hydrogen-bond donors (Lipinski definition) is 3. The van der Waals surface area contributed by atoms with Crippen LogP contribution in [-0.4, -0.2) is 66.3 Å². The average molecular weight is 885 g/mol. The van der Waals surface area contributed by atoms with Crippen LogP contribution in [-0.2, 0) is 27.9 Å². The molecule has 0 rings (SSSR count). The van der Waals surface area contributed by atoms with Crippen LogP contribution in [0, 0.1) is 0 Å². The Kier molecular flexibility index (Phi) is 47.1. The number of aliphatic hydroxyl groups excluding tert-OH is 2. The lowest BCUT2D eigenvalue weighted by molar-refractivity contribution is -0.154. The van der Waals surface area contributed by atoms with E-state index in [1.807, 2.05) is 0 Å². The molecule has 0 radical (unpaired) electrons. The quantitative estimate of drug-likeness (QED) is 0.0236. The van der Waals surface area contributed by atoms with Crippen molar-refractivity contribution in [1.82, 2.24) is 0 Å². The summed E-state index contributed by atoms with van der Waals surface area (Å²) in [6, 6.07) is 0. The fourth-order valence-electron chi connectivity index (χ4n) is 7.19. The predicted molar refractivity (Wildman–Crippen MR) is 256 cm³/mol. The highest BCUT2D eigenvalue weighted by Crippen LogP contribution is 2.43. The Morgan fingerprint density at radius 3 is 1.36 bits per heavy atom. The summed E-state index contributed by atoms with van der Waals surface area (Å²) in [5.74, 6) is -0.391. The molecule has 3 atom stereocenters. The molecule has 0 aromatic heterocycles. The molecule has 0 aromatic carbocycles. The highest BCUT2D eigenvalue weighted by atomic mass is 31.2. The van der Waals surface area contributed by atoms with Crippen molar-refractivity contribution in [2.75, 3.05) is 33.0 Å². The average Bonchev–Trinajstić information content (AvgIpc) is 3.25. The van der Waals surface area contributed by atoms with Gasteiger partial charge in [-0.25, -0.2) is 4.57 Å². The van der Waals surface area contributed by atoms with Crippen molar-refractivity contribution < 1.29 is 43.0 Å². The predicted octanol–water partition coefficient (Wildman–Crippen LogP) is 14.8. The summed E-state index contributed by atoms with van der Waals surface area (Å²) in [5.41, 5.74) is 0. The highest BCUT2D eigenvalue weighted by Gasteiger charge is 2.26. The summed E-state index contributed by atoms with van der Waals surface area (Å²) in [6.07, 6.45) is 53.9. The van der Waals surface area contributed by atoms with Crippen LogP contribution in [0.3, 0.4) is 0 Å². The third-order valence-electron chi connectivity index (χ3n) is 11.1. The summed E-state index contributed by atoms with van der Waals surface area (Å²) in [5, 5.41) is 18.4. The normalized spacial score (nSPS) is 14.1. The molecule has 0 amide bonds. The van der Waals surface area contributed by atoms with Crippen molar-refractivity contribution >= 4 is 13.8 Å². The van der Waals surface area contributed by atoms with Crippen molar-refractivity contribution in [3.63, 3.8) is 0 Å². The van der Waals surface area contributed by atoms with Crippen molar-refractivity contribution in [2.24, 2.45) is 0 Å². The zero-order chi connectivity index (χ0) is 44.6. The Morgan fingerprint density at radius 1 is 0.508 bits per heavy atom. The van der Waals surface area contributed by atoms with Crippen LogP contribution in [0.15, 0.2) is 36.5 Å². The van der Waals surface area contributed by atoms with Gasteiger partial charge in [0.05, 0.1) is 26.4 Å². The van der Waals surface area contributed by atoms with Crippen LogP contribution < -0.4 is 0 Å². The van der Waals surface area contributed by atoms with E-state index in [-0.39, 0.29) is 19.6 Å². The molecule has 0 saturated carbocycles. The number of rotatable bonds is 49. The molecule has 0 aliphatic heterocycles. The van der Waals surface area contributed by atoms with Crippen LogP contribution in [0.2, 0.25) is 0 Å². The number of aliphatic hydroxyl groups is 2. The Labute approximate surface area is 375 Å². The van der Waals surface area contributed by atoms with Crippen LogP contribution in [0.5, 0.6) is 0 Å². The van der Waals surface area contributed by atoms with Gasteiger partial charge in [0.1, 0.15) is 12.2 Å². The lowest BCUT2D eigenvalue weighted by Gasteiger charge is -2.20. The fourth-order valence-corrected chi connectivity index (χ4v) is 7.98. The summed E-state index contributed by atoms with van der Waals surface area (Å²) in [6.45, 7) is 3.52. The lowest BCUT2D eigenvalue weighted by Crippen LogP contribution is -2.29. The molecule has 0 aromatic rings. The number of unbranched alkanes of at least 4 members (excludes halogenated alkanes) is 29. The van der Waals surface area contributed by atoms with Gasteiger partial charge in [-0.15, -0.1) is 0 Å². The molecule has 0 spiro atoms. The SMILES string of the molecule is CCCCC/C=C\C/C=C\C/C=C\CCCCCCCCC(=O)OC(COCCCCCCCCCCCCCCCCCCCCCCC)COP(=O)(O)OCC(O)CO. The maximum absolute atomic E-state index is 12.7. The zero-order valence-corrected chi connectivity index (χ0v) is 40.5. The van der Waals surface area contributed by atoms with E-state index in [0.717, 1.165) is 51.4 Å². The number of phosphoric ester groups is 1. The van der Waals surface area contributed by atoms with Gasteiger partial charge < -0.3 is 24.6 Å². The minimum Gasteiger partial charge on any atom is -0.457 e. The van der Waals surface area contributed by atoms with E-state index in [0.29, 0.717) is 13.0 Å². The second kappa shape index (κ2) is 48.1. The molecule has 0 fully saturated rings. The third-order valence-corrected chi connectivity index (χ3v) is 12.0. The number of phosphoric acid groups is 1. The molecular formula is C51H97O9P. The van der Waals surface area contributed by atoms with Crippen LogP contribution in [0.25, 0.3) is 0 Å². The molecule has 0 bridgehead atoms. The molecule has 3 N–H and O–H groups in total. The van der Waals surface area contributed by atoms with Crippen molar-refractivity contribution in [3.05, 3.63) is 36.5 Å².